The molecule has 5 heteroatoms. The van der Waals surface area contributed by atoms with Crippen molar-refractivity contribution in [3.05, 3.63) is 533 Å². The lowest BCUT2D eigenvalue weighted by Crippen LogP contribution is -2.41. The fourth-order valence-corrected chi connectivity index (χ4v) is 22.8. The number of benzene rings is 20. The Balaban J connectivity index is 0.000000136. The van der Waals surface area contributed by atoms with Gasteiger partial charge in [0.1, 0.15) is 0 Å². The number of hydrogen-bond acceptors (Lipinski definition) is 2. The van der Waals surface area contributed by atoms with Gasteiger partial charge < -0.3 is 9.31 Å². The van der Waals surface area contributed by atoms with E-state index >= 15 is 0 Å². The van der Waals surface area contributed by atoms with Gasteiger partial charge in [-0.05, 0) is 312 Å². The van der Waals surface area contributed by atoms with Crippen LogP contribution < -0.4 is 5.46 Å². The molecule has 2 nitrogen and oxygen atoms in total. The Labute approximate surface area is 796 Å². The molecule has 4 aliphatic carbocycles. The van der Waals surface area contributed by atoms with Crippen LogP contribution in [0.3, 0.4) is 0 Å². The van der Waals surface area contributed by atoms with E-state index in [9.17, 15) is 0 Å². The highest BCUT2D eigenvalue weighted by molar-refractivity contribution is 9.11. The number of rotatable bonds is 12. The van der Waals surface area contributed by atoms with Crippen LogP contribution in [0.25, 0.3) is 167 Å². The fourth-order valence-electron chi connectivity index (χ4n) is 21.6. The van der Waals surface area contributed by atoms with E-state index in [0.717, 1.165) is 20.0 Å². The molecule has 1 aliphatic heterocycles. The Kier molecular flexibility index (Phi) is 21.1. The summed E-state index contributed by atoms with van der Waals surface area (Å²) in [5, 5.41) is 0. The van der Waals surface area contributed by atoms with Crippen LogP contribution in [0.4, 0.5) is 0 Å². The van der Waals surface area contributed by atoms with Crippen molar-refractivity contribution >= 4 is 44.4 Å². The van der Waals surface area contributed by atoms with Crippen LogP contribution >= 0.6 is 31.9 Å². The van der Waals surface area contributed by atoms with E-state index in [1.54, 1.807) is 0 Å². The lowest BCUT2D eigenvalue weighted by molar-refractivity contribution is 0.00578. The molecule has 5 aliphatic rings. The van der Waals surface area contributed by atoms with Gasteiger partial charge in [0.15, 0.2) is 0 Å². The van der Waals surface area contributed by atoms with Crippen molar-refractivity contribution in [1.82, 2.24) is 0 Å². The van der Waals surface area contributed by atoms with Gasteiger partial charge in [0.05, 0.1) is 22.0 Å². The second-order valence-electron chi connectivity index (χ2n) is 36.4. The molecular weight excluding hydrogens is 1740 g/mol. The second kappa shape index (κ2) is 33.9. The average molecular weight is 1830 g/mol. The molecule has 1 saturated heterocycles. The monoisotopic (exact) mass is 1830 g/mol. The van der Waals surface area contributed by atoms with E-state index in [4.69, 9.17) is 9.31 Å². The number of halogens is 2. The summed E-state index contributed by atoms with van der Waals surface area (Å²) in [5.74, 6) is 0. The molecule has 20 aromatic carbocycles. The van der Waals surface area contributed by atoms with Crippen molar-refractivity contribution in [2.75, 3.05) is 0 Å². The first-order valence-corrected chi connectivity index (χ1v) is 47.5. The van der Waals surface area contributed by atoms with Crippen molar-refractivity contribution in [1.29, 1.82) is 0 Å². The van der Waals surface area contributed by atoms with Gasteiger partial charge in [0.25, 0.3) is 0 Å². The lowest BCUT2D eigenvalue weighted by atomic mass is 9.70. The van der Waals surface area contributed by atoms with E-state index in [1.807, 2.05) is 0 Å². The third kappa shape index (κ3) is 14.3. The summed E-state index contributed by atoms with van der Waals surface area (Å²) >= 11 is 7.67. The minimum absolute atomic E-state index is 0.259. The predicted octanol–water partition coefficient (Wildman–Crippen LogP) is 33.9. The fraction of sp³-hybridized carbons (Fsp3) is 0.0625. The molecule has 25 rings (SSSR count). The minimum Gasteiger partial charge on any atom is -0.399 e. The van der Waals surface area contributed by atoms with Crippen molar-refractivity contribution < 1.29 is 9.31 Å². The van der Waals surface area contributed by atoms with Crippen molar-refractivity contribution in [3.63, 3.8) is 0 Å². The largest absolute Gasteiger partial charge is 0.494 e. The maximum absolute atomic E-state index is 6.30. The third-order valence-corrected chi connectivity index (χ3v) is 29.7. The standard InChI is InChI=1S/C73H48.C30H29BO2.C25H14Br2/c1-5-21-49(22-6-1)57-43-58(50-23-7-2-8-24-50)46-61(45-57)53-29-17-31-55(41-53)63-35-19-39-69-71(63)65-33-13-15-37-67(65)73(69)68-38-16-14-34-66(68)72-64(36-20-40-70(72)73)56-32-18-30-54(42-56)62-47-59(51-25-9-3-10-26-51)44-60(48-62)52-27-11-4-12-28-52;1-29(2)30(3,4)33-31(32-29)28-17-11-16-24(21-28)27-19-25(22-12-7-5-8-13-22)18-26(20-27)23-14-9-6-10-15-23;26-21-13-5-11-19-23(21)15-7-1-3-9-17(15)25(19)18-10-4-2-8-16(18)24-20(25)12-6-14-22(24)27/h1-48H;5-21H,1-4H3;1-14H. The van der Waals surface area contributed by atoms with Crippen LogP contribution in [0.5, 0.6) is 0 Å². The first kappa shape index (κ1) is 82.7. The van der Waals surface area contributed by atoms with E-state index in [1.165, 1.54) is 206 Å². The second-order valence-corrected chi connectivity index (χ2v) is 38.1. The lowest BCUT2D eigenvalue weighted by Gasteiger charge is -2.32. The smallest absolute Gasteiger partial charge is 0.399 e. The molecule has 0 aromatic heterocycles. The average Bonchev–Trinajstić information content (AvgIpc) is 1.52. The van der Waals surface area contributed by atoms with Crippen LogP contribution in [-0.2, 0) is 20.1 Å². The molecule has 0 saturated carbocycles. The Bertz CT molecular complexity index is 7340. The first-order chi connectivity index (χ1) is 65.2. The predicted molar refractivity (Wildman–Crippen MR) is 563 cm³/mol. The van der Waals surface area contributed by atoms with Crippen LogP contribution in [0, 0.1) is 0 Å². The van der Waals surface area contributed by atoms with E-state index < -0.39 is 5.41 Å². The first-order valence-electron chi connectivity index (χ1n) is 46.0. The normalized spacial score (nSPS) is 14.0. The minimum atomic E-state index is -0.512. The molecule has 0 atom stereocenters. The molecule has 0 bridgehead atoms. The molecule has 0 unspecified atom stereocenters. The zero-order valence-electron chi connectivity index (χ0n) is 74.3. The summed E-state index contributed by atoms with van der Waals surface area (Å²) < 4.78 is 14.9. The van der Waals surface area contributed by atoms with Crippen LogP contribution in [0.15, 0.2) is 488 Å². The van der Waals surface area contributed by atoms with Crippen molar-refractivity contribution in [3.8, 4) is 167 Å². The van der Waals surface area contributed by atoms with E-state index in [-0.39, 0.29) is 23.7 Å². The zero-order chi connectivity index (χ0) is 89.5. The third-order valence-electron chi connectivity index (χ3n) is 28.4. The highest BCUT2D eigenvalue weighted by atomic mass is 79.9. The van der Waals surface area contributed by atoms with Crippen molar-refractivity contribution in [2.24, 2.45) is 0 Å². The molecule has 20 aromatic rings. The Morgan fingerprint density at radius 2 is 0.361 bits per heavy atom. The van der Waals surface area contributed by atoms with Gasteiger partial charge in [-0.2, -0.15) is 0 Å². The Morgan fingerprint density at radius 3 is 0.662 bits per heavy atom. The van der Waals surface area contributed by atoms with Crippen LogP contribution in [0.1, 0.15) is 72.2 Å². The van der Waals surface area contributed by atoms with Gasteiger partial charge in [-0.15, -0.1) is 0 Å². The van der Waals surface area contributed by atoms with E-state index in [0.29, 0.717) is 0 Å². The summed E-state index contributed by atoms with van der Waals surface area (Å²) in [6.07, 6.45) is 0. The summed E-state index contributed by atoms with van der Waals surface area (Å²) in [7, 11) is -0.374. The quantitative estimate of drug-likeness (QED) is 0.114. The number of fused-ring (bicyclic) bond motifs is 20. The molecule has 1 fully saturated rings. The van der Waals surface area contributed by atoms with Crippen molar-refractivity contribution in [2.45, 2.75) is 49.7 Å². The molecule has 133 heavy (non-hydrogen) atoms. The molecule has 632 valence electrons. The SMILES string of the molecule is Brc1cccc2c1-c1ccccc1C21c2ccccc2-c2c(Br)cccc21.CC1(C)OB(c2cccc(-c3cc(-c4ccccc4)cc(-c4ccccc4)c3)c2)OC1(C)C.c1ccc(-c2cc(-c3ccccc3)cc(-c3cccc(-c4cccc5c4-c4ccccc4C54c5ccccc5-c5c(-c6cccc(-c7cc(-c8ccccc8)cc(-c8ccccc8)c7)c6)cccc54)c3)c2)cc1. The summed E-state index contributed by atoms with van der Waals surface area (Å²) in [6.45, 7) is 8.36. The van der Waals surface area contributed by atoms with Gasteiger partial charge in [-0.25, -0.2) is 0 Å². The molecule has 0 amide bonds. The van der Waals surface area contributed by atoms with Crippen LogP contribution in [0.2, 0.25) is 0 Å². The highest BCUT2D eigenvalue weighted by Crippen LogP contribution is 2.67. The topological polar surface area (TPSA) is 18.5 Å². The highest BCUT2D eigenvalue weighted by Gasteiger charge is 2.55. The summed E-state index contributed by atoms with van der Waals surface area (Å²) in [4.78, 5) is 0. The maximum atomic E-state index is 6.30. The van der Waals surface area contributed by atoms with Crippen LogP contribution in [-0.4, -0.2) is 18.3 Å². The Morgan fingerprint density at radius 1 is 0.165 bits per heavy atom. The maximum Gasteiger partial charge on any atom is 0.494 e. The van der Waals surface area contributed by atoms with Gasteiger partial charge >= 0.3 is 7.12 Å². The summed E-state index contributed by atoms with van der Waals surface area (Å²) in [6, 6.07) is 175. The van der Waals surface area contributed by atoms with Gasteiger partial charge in [0.2, 0.25) is 0 Å². The molecule has 0 N–H and O–H groups in total. The molecule has 2 spiro atoms. The Hall–Kier alpha value is -14.7. The number of hydrogen-bond donors (Lipinski definition) is 0. The van der Waals surface area contributed by atoms with Gasteiger partial charge in [-0.3, -0.25) is 0 Å². The van der Waals surface area contributed by atoms with Gasteiger partial charge in [0, 0.05) is 20.1 Å². The van der Waals surface area contributed by atoms with E-state index in [2.05, 4.69) is 539 Å². The zero-order valence-corrected chi connectivity index (χ0v) is 77.4. The molecule has 0 radical (unpaired) electrons. The summed E-state index contributed by atoms with van der Waals surface area (Å²) in [5.41, 5.74) is 47.3. The molecule has 1 heterocycles. The molecular formula is C128H91BBr2O2. The van der Waals surface area contributed by atoms with Gasteiger partial charge in [-0.1, -0.05) is 432 Å².